The van der Waals surface area contributed by atoms with Crippen molar-refractivity contribution in [2.24, 2.45) is 11.8 Å². The Morgan fingerprint density at radius 1 is 1.06 bits per heavy atom. The van der Waals surface area contributed by atoms with E-state index in [-0.39, 0.29) is 12.4 Å². The molecule has 1 N–H and O–H groups in total. The van der Waals surface area contributed by atoms with Gasteiger partial charge in [-0.25, -0.2) is 0 Å². The van der Waals surface area contributed by atoms with Gasteiger partial charge in [0.2, 0.25) is 0 Å². The summed E-state index contributed by atoms with van der Waals surface area (Å²) in [6.45, 7) is 2.50. The minimum absolute atomic E-state index is 0. The number of hydrogen-bond donors (Lipinski definition) is 1. The maximum absolute atomic E-state index is 3.52. The summed E-state index contributed by atoms with van der Waals surface area (Å²) >= 11 is 1.85. The lowest BCUT2D eigenvalue weighted by atomic mass is 9.95. The van der Waals surface area contributed by atoms with Crippen LogP contribution in [0.25, 0.3) is 10.1 Å². The summed E-state index contributed by atoms with van der Waals surface area (Å²) in [6, 6.07) is 9.34. The van der Waals surface area contributed by atoms with Crippen LogP contribution in [0.5, 0.6) is 0 Å². The normalized spacial score (nSPS) is 30.3. The average molecular weight is 280 g/mol. The van der Waals surface area contributed by atoms with Crippen LogP contribution in [0.1, 0.15) is 24.3 Å². The summed E-state index contributed by atoms with van der Waals surface area (Å²) in [7, 11) is 0. The van der Waals surface area contributed by atoms with E-state index in [1.807, 2.05) is 11.3 Å². The number of benzene rings is 1. The molecule has 2 heterocycles. The molecular formula is C15H18ClNS. The molecule has 2 aromatic rings. The Morgan fingerprint density at radius 2 is 1.83 bits per heavy atom. The summed E-state index contributed by atoms with van der Waals surface area (Å²) in [6.07, 6.45) is 2.79. The van der Waals surface area contributed by atoms with Crippen molar-refractivity contribution in [1.82, 2.24) is 5.32 Å². The van der Waals surface area contributed by atoms with Crippen molar-refractivity contribution in [3.63, 3.8) is 0 Å². The Labute approximate surface area is 118 Å². The van der Waals surface area contributed by atoms with Gasteiger partial charge < -0.3 is 5.32 Å². The van der Waals surface area contributed by atoms with Crippen molar-refractivity contribution < 1.29 is 0 Å². The zero-order valence-electron chi connectivity index (χ0n) is 10.3. The van der Waals surface area contributed by atoms with Gasteiger partial charge in [-0.1, -0.05) is 12.1 Å². The molecule has 96 valence electrons. The smallest absolute Gasteiger partial charge is 0.0342 e. The van der Waals surface area contributed by atoms with Gasteiger partial charge in [-0.15, -0.1) is 23.7 Å². The van der Waals surface area contributed by atoms with Crippen LogP contribution in [0.15, 0.2) is 29.6 Å². The Balaban J connectivity index is 0.000001000. The molecule has 2 atom stereocenters. The molecule has 2 unspecified atom stereocenters. The summed E-state index contributed by atoms with van der Waals surface area (Å²) in [5.41, 5.74) is 1.57. The first-order valence-corrected chi connectivity index (χ1v) is 7.46. The highest BCUT2D eigenvalue weighted by Gasteiger charge is 2.37. The van der Waals surface area contributed by atoms with E-state index in [1.165, 1.54) is 36.0 Å². The standard InChI is InChI=1S/C15H17NS.ClH/c1-2-15-11(3-4-17-15)5-10(1)12-6-13-8-16-9-14(13)7-12;/h1-5,12-14,16H,6-9H2;1H. The van der Waals surface area contributed by atoms with E-state index in [2.05, 4.69) is 35.0 Å². The number of thiophene rings is 1. The van der Waals surface area contributed by atoms with Crippen molar-refractivity contribution in [1.29, 1.82) is 0 Å². The highest BCUT2D eigenvalue weighted by Crippen LogP contribution is 2.44. The first-order chi connectivity index (χ1) is 8.40. The van der Waals surface area contributed by atoms with E-state index >= 15 is 0 Å². The molecule has 3 heteroatoms. The van der Waals surface area contributed by atoms with E-state index < -0.39 is 0 Å². The molecule has 2 aliphatic rings. The van der Waals surface area contributed by atoms with E-state index in [0.29, 0.717) is 0 Å². The second-order valence-corrected chi connectivity index (χ2v) is 6.51. The van der Waals surface area contributed by atoms with Crippen LogP contribution in [-0.4, -0.2) is 13.1 Å². The van der Waals surface area contributed by atoms with Gasteiger partial charge in [0.1, 0.15) is 0 Å². The Bertz CT molecular complexity index is 538. The van der Waals surface area contributed by atoms with Crippen molar-refractivity contribution >= 4 is 33.8 Å². The van der Waals surface area contributed by atoms with Crippen LogP contribution in [0.2, 0.25) is 0 Å². The average Bonchev–Trinajstić information content (AvgIpc) is 3.02. The highest BCUT2D eigenvalue weighted by molar-refractivity contribution is 7.17. The second-order valence-electron chi connectivity index (χ2n) is 5.56. The van der Waals surface area contributed by atoms with Crippen LogP contribution in [0.4, 0.5) is 0 Å². The Morgan fingerprint density at radius 3 is 2.61 bits per heavy atom. The molecule has 1 nitrogen and oxygen atoms in total. The number of halogens is 1. The van der Waals surface area contributed by atoms with Gasteiger partial charge >= 0.3 is 0 Å². The van der Waals surface area contributed by atoms with Gasteiger partial charge in [0.25, 0.3) is 0 Å². The first-order valence-electron chi connectivity index (χ1n) is 6.58. The summed E-state index contributed by atoms with van der Waals surface area (Å²) in [5.74, 6) is 2.70. The minimum Gasteiger partial charge on any atom is -0.316 e. The molecule has 2 fully saturated rings. The van der Waals surface area contributed by atoms with E-state index in [0.717, 1.165) is 17.8 Å². The van der Waals surface area contributed by atoms with Gasteiger partial charge in [0.05, 0.1) is 0 Å². The van der Waals surface area contributed by atoms with E-state index in [1.54, 1.807) is 5.56 Å². The molecule has 0 bridgehead atoms. The van der Waals surface area contributed by atoms with E-state index in [4.69, 9.17) is 0 Å². The van der Waals surface area contributed by atoms with Crippen molar-refractivity contribution in [2.45, 2.75) is 18.8 Å². The Kier molecular flexibility index (Phi) is 3.35. The maximum Gasteiger partial charge on any atom is 0.0342 e. The van der Waals surface area contributed by atoms with Crippen LogP contribution < -0.4 is 5.32 Å². The topological polar surface area (TPSA) is 12.0 Å². The fraction of sp³-hybridized carbons (Fsp3) is 0.467. The molecule has 1 saturated carbocycles. The third kappa shape index (κ3) is 1.97. The molecule has 0 amide bonds. The zero-order chi connectivity index (χ0) is 11.2. The third-order valence-electron chi connectivity index (χ3n) is 4.60. The van der Waals surface area contributed by atoms with Gasteiger partial charge in [-0.05, 0) is 72.1 Å². The third-order valence-corrected chi connectivity index (χ3v) is 5.50. The van der Waals surface area contributed by atoms with Crippen molar-refractivity contribution in [3.8, 4) is 0 Å². The number of hydrogen-bond acceptors (Lipinski definition) is 2. The monoisotopic (exact) mass is 279 g/mol. The fourth-order valence-electron chi connectivity index (χ4n) is 3.68. The van der Waals surface area contributed by atoms with Gasteiger partial charge in [0.15, 0.2) is 0 Å². The molecule has 0 spiro atoms. The second kappa shape index (κ2) is 4.84. The molecule has 1 aromatic carbocycles. The first kappa shape index (κ1) is 12.5. The molecule has 4 rings (SSSR count). The number of fused-ring (bicyclic) bond motifs is 2. The lowest BCUT2D eigenvalue weighted by Crippen LogP contribution is -2.11. The van der Waals surface area contributed by atoms with Crippen LogP contribution in [0.3, 0.4) is 0 Å². The predicted octanol–water partition coefficient (Wildman–Crippen LogP) is 4.04. The largest absolute Gasteiger partial charge is 0.316 e. The van der Waals surface area contributed by atoms with E-state index in [9.17, 15) is 0 Å². The van der Waals surface area contributed by atoms with Crippen molar-refractivity contribution in [3.05, 3.63) is 35.2 Å². The summed E-state index contributed by atoms with van der Waals surface area (Å²) < 4.78 is 1.42. The van der Waals surface area contributed by atoms with Gasteiger partial charge in [-0.3, -0.25) is 0 Å². The molecular weight excluding hydrogens is 262 g/mol. The zero-order valence-corrected chi connectivity index (χ0v) is 11.9. The van der Waals surface area contributed by atoms with Gasteiger partial charge in [0, 0.05) is 4.70 Å². The summed E-state index contributed by atoms with van der Waals surface area (Å²) in [4.78, 5) is 0. The van der Waals surface area contributed by atoms with Gasteiger partial charge in [-0.2, -0.15) is 0 Å². The predicted molar refractivity (Wildman–Crippen MR) is 80.9 cm³/mol. The molecule has 1 saturated heterocycles. The highest BCUT2D eigenvalue weighted by atomic mass is 35.5. The van der Waals surface area contributed by atoms with Crippen LogP contribution in [-0.2, 0) is 0 Å². The molecule has 1 aliphatic carbocycles. The maximum atomic E-state index is 3.52. The Hall–Kier alpha value is -0.570. The lowest BCUT2D eigenvalue weighted by Gasteiger charge is -2.11. The SMILES string of the molecule is Cl.c1cc2cc(C3CC4CNCC4C3)ccc2s1. The number of nitrogens with one attached hydrogen (secondary N) is 1. The van der Waals surface area contributed by atoms with Crippen LogP contribution in [0, 0.1) is 11.8 Å². The molecule has 18 heavy (non-hydrogen) atoms. The lowest BCUT2D eigenvalue weighted by molar-refractivity contribution is 0.494. The molecule has 1 aromatic heterocycles. The minimum atomic E-state index is 0. The summed E-state index contributed by atoms with van der Waals surface area (Å²) in [5, 5.41) is 7.15. The molecule has 1 aliphatic heterocycles. The molecule has 0 radical (unpaired) electrons. The fourth-order valence-corrected chi connectivity index (χ4v) is 4.45. The number of rotatable bonds is 1. The quantitative estimate of drug-likeness (QED) is 0.831. The van der Waals surface area contributed by atoms with Crippen LogP contribution >= 0.6 is 23.7 Å². The van der Waals surface area contributed by atoms with Crippen molar-refractivity contribution in [2.75, 3.05) is 13.1 Å².